The lowest BCUT2D eigenvalue weighted by molar-refractivity contribution is 0.101. The summed E-state index contributed by atoms with van der Waals surface area (Å²) in [5, 5.41) is 4.94. The fourth-order valence-electron chi connectivity index (χ4n) is 1.14. The van der Waals surface area contributed by atoms with Crippen LogP contribution in [-0.4, -0.2) is 21.3 Å². The molecule has 0 heterocycles. The molecule has 6 heteroatoms. The Bertz CT molecular complexity index is 493. The highest BCUT2D eigenvalue weighted by Gasteiger charge is 2.14. The van der Waals surface area contributed by atoms with Gasteiger partial charge in [0.15, 0.2) is 5.78 Å². The molecule has 0 bridgehead atoms. The Balaban J connectivity index is 3.42. The molecule has 1 aromatic rings. The number of primary sulfonamides is 1. The molecule has 5 nitrogen and oxygen atoms in total. The van der Waals surface area contributed by atoms with E-state index >= 15 is 0 Å². The summed E-state index contributed by atoms with van der Waals surface area (Å²) in [4.78, 5) is 11.1. The van der Waals surface area contributed by atoms with Crippen LogP contribution in [0, 0.1) is 0 Å². The average Bonchev–Trinajstić information content (AvgIpc) is 2.15. The van der Waals surface area contributed by atoms with Crippen molar-refractivity contribution < 1.29 is 17.9 Å². The van der Waals surface area contributed by atoms with E-state index in [2.05, 4.69) is 0 Å². The van der Waals surface area contributed by atoms with Gasteiger partial charge in [-0.15, -0.1) is 0 Å². The number of rotatable bonds is 3. The van der Waals surface area contributed by atoms with Crippen molar-refractivity contribution in [2.24, 2.45) is 5.14 Å². The second-order valence-corrected chi connectivity index (χ2v) is 4.52. The fraction of sp³-hybridized carbons (Fsp3) is 0.222. The van der Waals surface area contributed by atoms with Crippen molar-refractivity contribution in [2.75, 3.05) is 7.11 Å². The normalized spacial score (nSPS) is 11.1. The van der Waals surface area contributed by atoms with E-state index < -0.39 is 10.0 Å². The molecule has 1 rings (SSSR count). The molecule has 0 atom stereocenters. The molecule has 0 amide bonds. The molecule has 0 unspecified atom stereocenters. The highest BCUT2D eigenvalue weighted by atomic mass is 32.2. The van der Waals surface area contributed by atoms with Gasteiger partial charge in [-0.1, -0.05) is 0 Å². The lowest BCUT2D eigenvalue weighted by atomic mass is 10.1. The Morgan fingerprint density at radius 3 is 2.40 bits per heavy atom. The minimum Gasteiger partial charge on any atom is -0.496 e. The number of carbonyl (C=O) groups is 1. The van der Waals surface area contributed by atoms with E-state index in [4.69, 9.17) is 9.88 Å². The molecule has 0 radical (unpaired) electrons. The first-order chi connectivity index (χ1) is 6.86. The number of Topliss-reactive ketones (excluding diaryl/α,β-unsaturated/α-hetero) is 1. The van der Waals surface area contributed by atoms with Crippen LogP contribution in [0.2, 0.25) is 0 Å². The molecule has 0 aliphatic carbocycles. The topological polar surface area (TPSA) is 86.5 Å². The van der Waals surface area contributed by atoms with Crippen molar-refractivity contribution >= 4 is 15.8 Å². The summed E-state index contributed by atoms with van der Waals surface area (Å²) >= 11 is 0. The maximum Gasteiger partial charge on any atom is 0.238 e. The third-order valence-corrected chi connectivity index (χ3v) is 2.79. The molecule has 1 aromatic carbocycles. The zero-order valence-corrected chi connectivity index (χ0v) is 9.17. The standard InChI is InChI=1S/C9H11NO4S/c1-6(11)8-5-7(15(10,12)13)3-4-9(8)14-2/h3-5H,1-2H3,(H2,10,12,13). The predicted molar refractivity (Wildman–Crippen MR) is 54.4 cm³/mol. The molecule has 0 fully saturated rings. The van der Waals surface area contributed by atoms with Crippen molar-refractivity contribution in [3.63, 3.8) is 0 Å². The van der Waals surface area contributed by atoms with E-state index in [1.54, 1.807) is 0 Å². The van der Waals surface area contributed by atoms with Gasteiger partial charge in [0, 0.05) is 0 Å². The minimum absolute atomic E-state index is 0.103. The molecule has 0 aliphatic rings. The Morgan fingerprint density at radius 2 is 2.00 bits per heavy atom. The highest BCUT2D eigenvalue weighted by molar-refractivity contribution is 7.89. The number of hydrogen-bond acceptors (Lipinski definition) is 4. The Kier molecular flexibility index (Phi) is 3.11. The smallest absolute Gasteiger partial charge is 0.238 e. The van der Waals surface area contributed by atoms with Crippen molar-refractivity contribution in [3.05, 3.63) is 23.8 Å². The van der Waals surface area contributed by atoms with Gasteiger partial charge < -0.3 is 4.74 Å². The Hall–Kier alpha value is -1.40. The molecular formula is C9H11NO4S. The first-order valence-corrected chi connectivity index (χ1v) is 5.62. The number of carbonyl (C=O) groups excluding carboxylic acids is 1. The molecule has 82 valence electrons. The van der Waals surface area contributed by atoms with Crippen LogP contribution in [-0.2, 0) is 10.0 Å². The van der Waals surface area contributed by atoms with E-state index in [1.807, 2.05) is 0 Å². The zero-order chi connectivity index (χ0) is 11.6. The largest absolute Gasteiger partial charge is 0.496 e. The van der Waals surface area contributed by atoms with Gasteiger partial charge in [0.2, 0.25) is 10.0 Å². The molecule has 2 N–H and O–H groups in total. The minimum atomic E-state index is -3.79. The van der Waals surface area contributed by atoms with Crippen LogP contribution in [0.25, 0.3) is 0 Å². The van der Waals surface area contributed by atoms with Gasteiger partial charge in [0.05, 0.1) is 17.6 Å². The van der Waals surface area contributed by atoms with Gasteiger partial charge in [-0.2, -0.15) is 0 Å². The maximum atomic E-state index is 11.2. The average molecular weight is 229 g/mol. The molecule has 0 spiro atoms. The number of hydrogen-bond donors (Lipinski definition) is 1. The third kappa shape index (κ3) is 2.54. The van der Waals surface area contributed by atoms with Gasteiger partial charge in [0.25, 0.3) is 0 Å². The maximum absolute atomic E-state index is 11.2. The third-order valence-electron chi connectivity index (χ3n) is 1.88. The second kappa shape index (κ2) is 4.00. The van der Waals surface area contributed by atoms with E-state index in [0.29, 0.717) is 5.75 Å². The number of ether oxygens (including phenoxy) is 1. The second-order valence-electron chi connectivity index (χ2n) is 2.96. The van der Waals surface area contributed by atoms with Crippen molar-refractivity contribution in [2.45, 2.75) is 11.8 Å². The molecular weight excluding hydrogens is 218 g/mol. The van der Waals surface area contributed by atoms with Crippen LogP contribution in [0.4, 0.5) is 0 Å². The zero-order valence-electron chi connectivity index (χ0n) is 8.35. The monoisotopic (exact) mass is 229 g/mol. The van der Waals surface area contributed by atoms with Gasteiger partial charge in [-0.25, -0.2) is 13.6 Å². The van der Waals surface area contributed by atoms with Crippen LogP contribution in [0.1, 0.15) is 17.3 Å². The van der Waals surface area contributed by atoms with E-state index in [0.717, 1.165) is 0 Å². The summed E-state index contributed by atoms with van der Waals surface area (Å²) < 4.78 is 27.0. The van der Waals surface area contributed by atoms with Crippen molar-refractivity contribution in [1.82, 2.24) is 0 Å². The van der Waals surface area contributed by atoms with Crippen LogP contribution in [0.15, 0.2) is 23.1 Å². The quantitative estimate of drug-likeness (QED) is 0.766. The number of sulfonamides is 1. The summed E-state index contributed by atoms with van der Waals surface area (Å²) in [6.07, 6.45) is 0. The molecule has 0 saturated heterocycles. The van der Waals surface area contributed by atoms with Crippen LogP contribution in [0.3, 0.4) is 0 Å². The number of ketones is 1. The Morgan fingerprint density at radius 1 is 1.40 bits per heavy atom. The van der Waals surface area contributed by atoms with Crippen LogP contribution in [0.5, 0.6) is 5.75 Å². The van der Waals surface area contributed by atoms with Gasteiger partial charge in [0.1, 0.15) is 5.75 Å². The molecule has 0 saturated carbocycles. The first-order valence-electron chi connectivity index (χ1n) is 4.08. The van der Waals surface area contributed by atoms with Crippen LogP contribution < -0.4 is 9.88 Å². The molecule has 0 aliphatic heterocycles. The van der Waals surface area contributed by atoms with Gasteiger partial charge in [-0.3, -0.25) is 4.79 Å². The first kappa shape index (κ1) is 11.7. The number of benzene rings is 1. The highest BCUT2D eigenvalue weighted by Crippen LogP contribution is 2.22. The summed E-state index contributed by atoms with van der Waals surface area (Å²) in [6, 6.07) is 3.90. The van der Waals surface area contributed by atoms with Crippen molar-refractivity contribution in [3.8, 4) is 5.75 Å². The molecule has 15 heavy (non-hydrogen) atoms. The van der Waals surface area contributed by atoms with E-state index in [9.17, 15) is 13.2 Å². The van der Waals surface area contributed by atoms with Crippen LogP contribution >= 0.6 is 0 Å². The Labute approximate surface area is 87.9 Å². The van der Waals surface area contributed by atoms with Crippen molar-refractivity contribution in [1.29, 1.82) is 0 Å². The predicted octanol–water partition coefficient (Wildman–Crippen LogP) is 0.545. The fourth-order valence-corrected chi connectivity index (χ4v) is 1.68. The summed E-state index contributed by atoms with van der Waals surface area (Å²) in [5.41, 5.74) is 0.198. The number of methoxy groups -OCH3 is 1. The summed E-state index contributed by atoms with van der Waals surface area (Å²) in [5.74, 6) is 0.0484. The van der Waals surface area contributed by atoms with E-state index in [-0.39, 0.29) is 16.2 Å². The lowest BCUT2D eigenvalue weighted by Crippen LogP contribution is -2.13. The number of nitrogens with two attached hydrogens (primary N) is 1. The summed E-state index contributed by atoms with van der Waals surface area (Å²) in [6.45, 7) is 1.32. The van der Waals surface area contributed by atoms with E-state index in [1.165, 1.54) is 32.2 Å². The summed E-state index contributed by atoms with van der Waals surface area (Å²) in [7, 11) is -2.39. The lowest BCUT2D eigenvalue weighted by Gasteiger charge is -2.06. The van der Waals surface area contributed by atoms with Gasteiger partial charge >= 0.3 is 0 Å². The SMILES string of the molecule is COc1ccc(S(N)(=O)=O)cc1C(C)=O. The molecule has 0 aromatic heterocycles. The van der Waals surface area contributed by atoms with Gasteiger partial charge in [-0.05, 0) is 25.1 Å².